The van der Waals surface area contributed by atoms with Gasteiger partial charge in [0.15, 0.2) is 0 Å². The lowest BCUT2D eigenvalue weighted by atomic mass is 10.2. The van der Waals surface area contributed by atoms with E-state index < -0.39 is 22.5 Å². The van der Waals surface area contributed by atoms with Gasteiger partial charge in [-0.3, -0.25) is 9.10 Å². The van der Waals surface area contributed by atoms with Gasteiger partial charge in [0.25, 0.3) is 5.91 Å². The Hall–Kier alpha value is -2.29. The fourth-order valence-electron chi connectivity index (χ4n) is 2.28. The lowest BCUT2D eigenvalue weighted by Crippen LogP contribution is -2.39. The average molecular weight is 458 g/mol. The Labute approximate surface area is 180 Å². The first-order valence-electron chi connectivity index (χ1n) is 8.69. The second kappa shape index (κ2) is 10.5. The number of carbonyl (C=O) groups excluding carboxylic acids is 1. The highest BCUT2D eigenvalue weighted by atomic mass is 35.5. The Morgan fingerprint density at radius 2 is 1.90 bits per heavy atom. The fraction of sp³-hybridized carbons (Fsp3) is 0.263. The molecule has 2 rings (SSSR count). The molecule has 10 heteroatoms. The van der Waals surface area contributed by atoms with Crippen LogP contribution in [0.3, 0.4) is 0 Å². The molecule has 0 fully saturated rings. The Balaban J connectivity index is 2.03. The largest absolute Gasteiger partial charge is 0.494 e. The van der Waals surface area contributed by atoms with Crippen LogP contribution in [0, 0.1) is 0 Å². The lowest BCUT2D eigenvalue weighted by molar-refractivity contribution is -0.119. The highest BCUT2D eigenvalue weighted by Gasteiger charge is 2.23. The zero-order valence-corrected chi connectivity index (χ0v) is 18.3. The van der Waals surface area contributed by atoms with Crippen molar-refractivity contribution >= 4 is 51.0 Å². The van der Waals surface area contributed by atoms with Gasteiger partial charge in [-0.15, -0.1) is 0 Å². The number of nitrogens with zero attached hydrogens (tertiary/aromatic N) is 2. The molecule has 0 atom stereocenters. The summed E-state index contributed by atoms with van der Waals surface area (Å²) < 4.78 is 30.6. The molecular weight excluding hydrogens is 437 g/mol. The van der Waals surface area contributed by atoms with Gasteiger partial charge in [0.2, 0.25) is 10.0 Å². The van der Waals surface area contributed by atoms with Crippen LogP contribution in [0.25, 0.3) is 0 Å². The molecule has 0 radical (unpaired) electrons. The highest BCUT2D eigenvalue weighted by molar-refractivity contribution is 7.92. The van der Waals surface area contributed by atoms with E-state index in [0.29, 0.717) is 6.61 Å². The summed E-state index contributed by atoms with van der Waals surface area (Å²) in [6.45, 7) is 2.16. The standard InChI is InChI=1S/C19H21Cl2N3O4S/c1-3-11-28-15-9-7-14(8-10-15)12-22-23-18(25)13-24(29(2,26)27)17-6-4-5-16(20)19(17)21/h4-10,12H,3,11,13H2,1-2H3,(H,23,25)/b22-12-. The minimum absolute atomic E-state index is 0.0428. The summed E-state index contributed by atoms with van der Waals surface area (Å²) in [5.41, 5.74) is 3.16. The molecule has 156 valence electrons. The van der Waals surface area contributed by atoms with E-state index in [2.05, 4.69) is 10.5 Å². The van der Waals surface area contributed by atoms with Crippen LogP contribution in [0.2, 0.25) is 10.0 Å². The predicted molar refractivity (Wildman–Crippen MR) is 117 cm³/mol. The quantitative estimate of drug-likeness (QED) is 0.459. The van der Waals surface area contributed by atoms with E-state index in [9.17, 15) is 13.2 Å². The molecule has 0 unspecified atom stereocenters. The Kier molecular flexibility index (Phi) is 8.31. The normalized spacial score (nSPS) is 11.4. The van der Waals surface area contributed by atoms with Crippen molar-refractivity contribution in [1.29, 1.82) is 0 Å². The van der Waals surface area contributed by atoms with E-state index in [1.54, 1.807) is 30.3 Å². The lowest BCUT2D eigenvalue weighted by Gasteiger charge is -2.22. The van der Waals surface area contributed by atoms with Crippen molar-refractivity contribution < 1.29 is 17.9 Å². The zero-order valence-electron chi connectivity index (χ0n) is 15.9. The molecule has 0 spiro atoms. The molecule has 2 aromatic carbocycles. The molecule has 0 heterocycles. The summed E-state index contributed by atoms with van der Waals surface area (Å²) in [4.78, 5) is 12.2. The molecule has 0 saturated heterocycles. The number of sulfonamides is 1. The fourth-order valence-corrected chi connectivity index (χ4v) is 3.59. The number of carbonyl (C=O) groups is 1. The van der Waals surface area contributed by atoms with Gasteiger partial charge in [-0.1, -0.05) is 36.2 Å². The number of benzene rings is 2. The molecule has 0 aromatic heterocycles. The SMILES string of the molecule is CCCOc1ccc(/C=N\NC(=O)CN(c2cccc(Cl)c2Cl)S(C)(=O)=O)cc1. The van der Waals surface area contributed by atoms with Crippen LogP contribution in [0.1, 0.15) is 18.9 Å². The van der Waals surface area contributed by atoms with Crippen LogP contribution in [0.5, 0.6) is 5.75 Å². The molecule has 7 nitrogen and oxygen atoms in total. The summed E-state index contributed by atoms with van der Waals surface area (Å²) in [7, 11) is -3.78. The molecule has 2 aromatic rings. The number of nitrogens with one attached hydrogen (secondary N) is 1. The molecule has 0 bridgehead atoms. The topological polar surface area (TPSA) is 88.1 Å². The summed E-state index contributed by atoms with van der Waals surface area (Å²) in [6, 6.07) is 11.7. The van der Waals surface area contributed by atoms with Crippen LogP contribution in [0.15, 0.2) is 47.6 Å². The number of amides is 1. The van der Waals surface area contributed by atoms with Gasteiger partial charge in [0.1, 0.15) is 12.3 Å². The van der Waals surface area contributed by atoms with Crippen molar-refractivity contribution in [2.24, 2.45) is 5.10 Å². The zero-order chi connectivity index (χ0) is 21.4. The van der Waals surface area contributed by atoms with E-state index in [1.807, 2.05) is 6.92 Å². The van der Waals surface area contributed by atoms with Crippen molar-refractivity contribution in [3.05, 3.63) is 58.1 Å². The van der Waals surface area contributed by atoms with E-state index in [-0.39, 0.29) is 15.7 Å². The first-order valence-corrected chi connectivity index (χ1v) is 11.3. The summed E-state index contributed by atoms with van der Waals surface area (Å²) in [5, 5.41) is 4.08. The van der Waals surface area contributed by atoms with E-state index in [0.717, 1.165) is 28.3 Å². The van der Waals surface area contributed by atoms with Gasteiger partial charge < -0.3 is 4.74 Å². The average Bonchev–Trinajstić information content (AvgIpc) is 2.67. The Morgan fingerprint density at radius 1 is 1.21 bits per heavy atom. The molecule has 1 N–H and O–H groups in total. The minimum Gasteiger partial charge on any atom is -0.494 e. The van der Waals surface area contributed by atoms with Crippen LogP contribution >= 0.6 is 23.2 Å². The van der Waals surface area contributed by atoms with Crippen molar-refractivity contribution in [3.63, 3.8) is 0 Å². The molecule has 0 saturated carbocycles. The molecule has 0 aliphatic rings. The monoisotopic (exact) mass is 457 g/mol. The molecule has 0 aliphatic heterocycles. The maximum atomic E-state index is 12.2. The second-order valence-electron chi connectivity index (χ2n) is 6.05. The number of hydrogen-bond donors (Lipinski definition) is 1. The van der Waals surface area contributed by atoms with Gasteiger partial charge in [-0.2, -0.15) is 5.10 Å². The van der Waals surface area contributed by atoms with Crippen LogP contribution in [-0.2, 0) is 14.8 Å². The number of hydrazone groups is 1. The summed E-state index contributed by atoms with van der Waals surface area (Å²) in [5.74, 6) is 0.112. The van der Waals surface area contributed by atoms with Crippen molar-refractivity contribution in [3.8, 4) is 5.75 Å². The van der Waals surface area contributed by atoms with Crippen molar-refractivity contribution in [1.82, 2.24) is 5.43 Å². The van der Waals surface area contributed by atoms with E-state index in [1.165, 1.54) is 18.3 Å². The van der Waals surface area contributed by atoms with Crippen LogP contribution in [0.4, 0.5) is 5.69 Å². The van der Waals surface area contributed by atoms with Gasteiger partial charge >= 0.3 is 0 Å². The van der Waals surface area contributed by atoms with Crippen LogP contribution in [-0.4, -0.2) is 39.9 Å². The molecular formula is C19H21Cl2N3O4S. The summed E-state index contributed by atoms with van der Waals surface area (Å²) >= 11 is 12.0. The maximum Gasteiger partial charge on any atom is 0.260 e. The third kappa shape index (κ3) is 6.92. The summed E-state index contributed by atoms with van der Waals surface area (Å²) in [6.07, 6.45) is 3.34. The van der Waals surface area contributed by atoms with E-state index in [4.69, 9.17) is 27.9 Å². The number of halogens is 2. The van der Waals surface area contributed by atoms with Crippen molar-refractivity contribution in [2.45, 2.75) is 13.3 Å². The van der Waals surface area contributed by atoms with Crippen molar-refractivity contribution in [2.75, 3.05) is 23.7 Å². The third-order valence-corrected chi connectivity index (χ3v) is 5.58. The van der Waals surface area contributed by atoms with Crippen LogP contribution < -0.4 is 14.5 Å². The predicted octanol–water partition coefficient (Wildman–Crippen LogP) is 3.70. The molecule has 0 aliphatic carbocycles. The van der Waals surface area contributed by atoms with Gasteiger partial charge in [0, 0.05) is 0 Å². The smallest absolute Gasteiger partial charge is 0.260 e. The first kappa shape index (κ1) is 23.0. The second-order valence-corrected chi connectivity index (χ2v) is 8.75. The maximum absolute atomic E-state index is 12.2. The number of rotatable bonds is 9. The highest BCUT2D eigenvalue weighted by Crippen LogP contribution is 2.33. The van der Waals surface area contributed by atoms with Gasteiger partial charge in [-0.25, -0.2) is 13.8 Å². The Bertz CT molecular complexity index is 979. The number of ether oxygens (including phenoxy) is 1. The van der Waals surface area contributed by atoms with E-state index >= 15 is 0 Å². The third-order valence-electron chi connectivity index (χ3n) is 3.64. The van der Waals surface area contributed by atoms with Gasteiger partial charge in [-0.05, 0) is 48.4 Å². The van der Waals surface area contributed by atoms with Gasteiger partial charge in [0.05, 0.1) is 34.8 Å². The Morgan fingerprint density at radius 3 is 2.52 bits per heavy atom. The number of anilines is 1. The first-order chi connectivity index (χ1) is 13.7. The minimum atomic E-state index is -3.78. The number of hydrogen-bond acceptors (Lipinski definition) is 5. The molecule has 29 heavy (non-hydrogen) atoms. The molecule has 1 amide bonds.